The van der Waals surface area contributed by atoms with Gasteiger partial charge in [0.05, 0.1) is 0 Å². The van der Waals surface area contributed by atoms with Crippen LogP contribution in [0.2, 0.25) is 0 Å². The third-order valence-electron chi connectivity index (χ3n) is 4.20. The van der Waals surface area contributed by atoms with Crippen LogP contribution in [0.15, 0.2) is 24.3 Å². The van der Waals surface area contributed by atoms with Crippen molar-refractivity contribution in [3.05, 3.63) is 35.4 Å². The summed E-state index contributed by atoms with van der Waals surface area (Å²) in [6.07, 6.45) is 3.70. The smallest absolute Gasteiger partial charge is 0.0259 e. The molecule has 3 rings (SSSR count). The van der Waals surface area contributed by atoms with Crippen LogP contribution in [0.3, 0.4) is 0 Å². The molecular formula is C13H17N. The number of hydrogen-bond acceptors (Lipinski definition) is 1. The van der Waals surface area contributed by atoms with Crippen molar-refractivity contribution in [1.29, 1.82) is 0 Å². The maximum absolute atomic E-state index is 6.42. The van der Waals surface area contributed by atoms with Crippen LogP contribution in [0.4, 0.5) is 0 Å². The number of hydrogen-bond donors (Lipinski definition) is 1. The SMILES string of the molecule is CCC1CC1(N)C1Cc2ccccc21. The molecular weight excluding hydrogens is 170 g/mol. The van der Waals surface area contributed by atoms with Crippen LogP contribution >= 0.6 is 0 Å². The molecule has 0 bridgehead atoms. The third-order valence-corrected chi connectivity index (χ3v) is 4.20. The lowest BCUT2D eigenvalue weighted by atomic mass is 9.71. The first-order valence-electron chi connectivity index (χ1n) is 5.62. The van der Waals surface area contributed by atoms with Crippen molar-refractivity contribution in [3.63, 3.8) is 0 Å². The third kappa shape index (κ3) is 0.936. The molecule has 0 aromatic heterocycles. The zero-order valence-corrected chi connectivity index (χ0v) is 8.66. The molecule has 2 aliphatic rings. The van der Waals surface area contributed by atoms with Crippen LogP contribution in [-0.2, 0) is 6.42 Å². The summed E-state index contributed by atoms with van der Waals surface area (Å²) in [5, 5.41) is 0. The molecule has 0 aliphatic heterocycles. The first kappa shape index (κ1) is 8.49. The van der Waals surface area contributed by atoms with E-state index in [1.807, 2.05) is 0 Å². The average molecular weight is 187 g/mol. The molecule has 3 unspecified atom stereocenters. The second-order valence-corrected chi connectivity index (χ2v) is 4.88. The lowest BCUT2D eigenvalue weighted by molar-refractivity contribution is 0.431. The van der Waals surface area contributed by atoms with Crippen molar-refractivity contribution in [2.45, 2.75) is 37.6 Å². The van der Waals surface area contributed by atoms with E-state index < -0.39 is 0 Å². The van der Waals surface area contributed by atoms with Crippen LogP contribution in [-0.4, -0.2) is 5.54 Å². The fraction of sp³-hybridized carbons (Fsp3) is 0.538. The Morgan fingerprint density at radius 1 is 1.43 bits per heavy atom. The lowest BCUT2D eigenvalue weighted by Gasteiger charge is -2.35. The number of benzene rings is 1. The van der Waals surface area contributed by atoms with Crippen LogP contribution in [0.1, 0.15) is 36.8 Å². The van der Waals surface area contributed by atoms with Gasteiger partial charge in [-0.1, -0.05) is 37.6 Å². The predicted octanol–water partition coefficient (Wildman–Crippen LogP) is 2.45. The van der Waals surface area contributed by atoms with E-state index in [9.17, 15) is 0 Å². The summed E-state index contributed by atoms with van der Waals surface area (Å²) in [4.78, 5) is 0. The first-order valence-corrected chi connectivity index (χ1v) is 5.62. The van der Waals surface area contributed by atoms with E-state index in [0.29, 0.717) is 5.92 Å². The molecule has 14 heavy (non-hydrogen) atoms. The molecule has 1 aromatic carbocycles. The van der Waals surface area contributed by atoms with E-state index in [2.05, 4.69) is 31.2 Å². The fourth-order valence-corrected chi connectivity index (χ4v) is 3.06. The Morgan fingerprint density at radius 2 is 2.21 bits per heavy atom. The Bertz CT molecular complexity index is 371. The quantitative estimate of drug-likeness (QED) is 0.756. The van der Waals surface area contributed by atoms with E-state index in [4.69, 9.17) is 5.73 Å². The molecule has 74 valence electrons. The molecule has 0 heterocycles. The summed E-state index contributed by atoms with van der Waals surface area (Å²) in [7, 11) is 0. The van der Waals surface area contributed by atoms with Crippen molar-refractivity contribution < 1.29 is 0 Å². The Kier molecular flexibility index (Phi) is 1.58. The monoisotopic (exact) mass is 187 g/mol. The first-order chi connectivity index (χ1) is 6.75. The topological polar surface area (TPSA) is 26.0 Å². The summed E-state index contributed by atoms with van der Waals surface area (Å²) < 4.78 is 0. The standard InChI is InChI=1S/C13H17N/c1-2-10-8-13(10,14)12-7-9-5-3-4-6-11(9)12/h3-6,10,12H,2,7-8,14H2,1H3. The van der Waals surface area contributed by atoms with E-state index in [1.54, 1.807) is 0 Å². The van der Waals surface area contributed by atoms with E-state index in [0.717, 1.165) is 5.92 Å². The van der Waals surface area contributed by atoms with Gasteiger partial charge in [-0.15, -0.1) is 0 Å². The Labute approximate surface area is 85.3 Å². The van der Waals surface area contributed by atoms with Crippen molar-refractivity contribution in [1.82, 2.24) is 0 Å². The van der Waals surface area contributed by atoms with Crippen molar-refractivity contribution in [3.8, 4) is 0 Å². The van der Waals surface area contributed by atoms with Gasteiger partial charge in [0, 0.05) is 11.5 Å². The Morgan fingerprint density at radius 3 is 2.86 bits per heavy atom. The highest BCUT2D eigenvalue weighted by Crippen LogP contribution is 2.57. The Balaban J connectivity index is 1.86. The molecule has 1 aromatic rings. The zero-order chi connectivity index (χ0) is 9.76. The van der Waals surface area contributed by atoms with Crippen LogP contribution < -0.4 is 5.73 Å². The van der Waals surface area contributed by atoms with Gasteiger partial charge in [0.1, 0.15) is 0 Å². The van der Waals surface area contributed by atoms with Crippen LogP contribution in [0.25, 0.3) is 0 Å². The van der Waals surface area contributed by atoms with E-state index in [-0.39, 0.29) is 5.54 Å². The summed E-state index contributed by atoms with van der Waals surface area (Å²) in [5.74, 6) is 1.43. The van der Waals surface area contributed by atoms with Gasteiger partial charge in [-0.2, -0.15) is 0 Å². The van der Waals surface area contributed by atoms with Gasteiger partial charge in [0.15, 0.2) is 0 Å². The van der Waals surface area contributed by atoms with Crippen LogP contribution in [0.5, 0.6) is 0 Å². The summed E-state index contributed by atoms with van der Waals surface area (Å²) in [6, 6.07) is 8.75. The van der Waals surface area contributed by atoms with Crippen molar-refractivity contribution in [2.24, 2.45) is 11.7 Å². The van der Waals surface area contributed by atoms with Gasteiger partial charge in [0.25, 0.3) is 0 Å². The molecule has 0 saturated heterocycles. The largest absolute Gasteiger partial charge is 0.324 e. The predicted molar refractivity (Wildman–Crippen MR) is 58.2 cm³/mol. The average Bonchev–Trinajstić information content (AvgIpc) is 2.80. The molecule has 0 radical (unpaired) electrons. The van der Waals surface area contributed by atoms with E-state index in [1.165, 1.54) is 30.4 Å². The molecule has 2 aliphatic carbocycles. The van der Waals surface area contributed by atoms with E-state index >= 15 is 0 Å². The summed E-state index contributed by atoms with van der Waals surface area (Å²) >= 11 is 0. The van der Waals surface area contributed by atoms with Crippen molar-refractivity contribution >= 4 is 0 Å². The highest BCUT2D eigenvalue weighted by atomic mass is 14.9. The minimum atomic E-state index is 0.156. The van der Waals surface area contributed by atoms with Gasteiger partial charge >= 0.3 is 0 Å². The molecule has 3 atom stereocenters. The summed E-state index contributed by atoms with van der Waals surface area (Å²) in [6.45, 7) is 2.25. The lowest BCUT2D eigenvalue weighted by Crippen LogP contribution is -2.39. The number of nitrogens with two attached hydrogens (primary N) is 1. The second kappa shape index (κ2) is 2.60. The minimum absolute atomic E-state index is 0.156. The molecule has 1 fully saturated rings. The normalized spacial score (nSPS) is 38.7. The van der Waals surface area contributed by atoms with Gasteiger partial charge in [-0.3, -0.25) is 0 Å². The highest BCUT2D eigenvalue weighted by Gasteiger charge is 2.57. The molecule has 0 spiro atoms. The van der Waals surface area contributed by atoms with Gasteiger partial charge < -0.3 is 5.73 Å². The fourth-order valence-electron chi connectivity index (χ4n) is 3.06. The Hall–Kier alpha value is -0.820. The second-order valence-electron chi connectivity index (χ2n) is 4.88. The zero-order valence-electron chi connectivity index (χ0n) is 8.66. The maximum Gasteiger partial charge on any atom is 0.0259 e. The van der Waals surface area contributed by atoms with Gasteiger partial charge in [-0.25, -0.2) is 0 Å². The molecule has 1 nitrogen and oxygen atoms in total. The van der Waals surface area contributed by atoms with Gasteiger partial charge in [-0.05, 0) is 29.9 Å². The van der Waals surface area contributed by atoms with Crippen molar-refractivity contribution in [2.75, 3.05) is 0 Å². The molecule has 0 amide bonds. The number of rotatable bonds is 2. The van der Waals surface area contributed by atoms with Gasteiger partial charge in [0.2, 0.25) is 0 Å². The summed E-state index contributed by atoms with van der Waals surface area (Å²) in [5.41, 5.74) is 9.61. The maximum atomic E-state index is 6.42. The highest BCUT2D eigenvalue weighted by molar-refractivity contribution is 5.45. The molecule has 1 heteroatoms. The van der Waals surface area contributed by atoms with Crippen LogP contribution in [0, 0.1) is 5.92 Å². The minimum Gasteiger partial charge on any atom is -0.324 e. The molecule has 1 saturated carbocycles. The number of fused-ring (bicyclic) bond motifs is 1. The molecule has 2 N–H and O–H groups in total.